The van der Waals surface area contributed by atoms with Gasteiger partial charge in [0.15, 0.2) is 5.76 Å². The van der Waals surface area contributed by atoms with E-state index in [2.05, 4.69) is 41.9 Å². The minimum atomic E-state index is -0.0225. The highest BCUT2D eigenvalue weighted by Crippen LogP contribution is 2.24. The molecule has 3 aromatic rings. The number of rotatable bonds is 4. The number of furan rings is 1. The summed E-state index contributed by atoms with van der Waals surface area (Å²) in [6, 6.07) is 13.8. The van der Waals surface area contributed by atoms with Gasteiger partial charge >= 0.3 is 0 Å². The molecule has 1 atom stereocenters. The average molecular weight is 351 g/mol. The van der Waals surface area contributed by atoms with Gasteiger partial charge in [0.25, 0.3) is 5.91 Å². The molecule has 5 heteroatoms. The molecule has 1 amide bonds. The molecule has 0 spiro atoms. The van der Waals surface area contributed by atoms with E-state index >= 15 is 0 Å². The van der Waals surface area contributed by atoms with Crippen molar-refractivity contribution in [3.8, 4) is 0 Å². The fourth-order valence-corrected chi connectivity index (χ4v) is 3.70. The van der Waals surface area contributed by atoms with Crippen LogP contribution in [-0.2, 0) is 13.1 Å². The van der Waals surface area contributed by atoms with Gasteiger partial charge in [-0.2, -0.15) is 0 Å². The van der Waals surface area contributed by atoms with Crippen molar-refractivity contribution in [1.82, 2.24) is 14.4 Å². The first-order valence-electron chi connectivity index (χ1n) is 9.17. The molecular weight excluding hydrogens is 326 g/mol. The molecule has 0 N–H and O–H groups in total. The van der Waals surface area contributed by atoms with Crippen molar-refractivity contribution in [2.45, 2.75) is 19.5 Å². The molecule has 0 bridgehead atoms. The third-order valence-electron chi connectivity index (χ3n) is 5.12. The molecule has 4 rings (SSSR count). The fourth-order valence-electron chi connectivity index (χ4n) is 3.70. The summed E-state index contributed by atoms with van der Waals surface area (Å²) < 4.78 is 8.10. The van der Waals surface area contributed by atoms with Gasteiger partial charge in [0.05, 0.1) is 6.54 Å². The molecule has 26 heavy (non-hydrogen) atoms. The van der Waals surface area contributed by atoms with Gasteiger partial charge in [-0.1, -0.05) is 18.2 Å². The van der Waals surface area contributed by atoms with Crippen LogP contribution in [0.25, 0.3) is 11.0 Å². The Labute approximate surface area is 153 Å². The lowest BCUT2D eigenvalue weighted by molar-refractivity contribution is 0.0686. The lowest BCUT2D eigenvalue weighted by atomic mass is 10.0. The van der Waals surface area contributed by atoms with Gasteiger partial charge in [-0.15, -0.1) is 0 Å². The molecular formula is C21H25N3O2. The van der Waals surface area contributed by atoms with E-state index in [0.717, 1.165) is 37.0 Å². The maximum Gasteiger partial charge on any atom is 0.289 e. The monoisotopic (exact) mass is 351 g/mol. The predicted molar refractivity (Wildman–Crippen MR) is 102 cm³/mol. The van der Waals surface area contributed by atoms with E-state index in [-0.39, 0.29) is 5.91 Å². The fraction of sp³-hybridized carbons (Fsp3) is 0.381. The molecule has 1 unspecified atom stereocenters. The first kappa shape index (κ1) is 16.9. The minimum Gasteiger partial charge on any atom is -0.451 e. The van der Waals surface area contributed by atoms with Crippen LogP contribution in [0.5, 0.6) is 0 Å². The van der Waals surface area contributed by atoms with Crippen molar-refractivity contribution in [3.63, 3.8) is 0 Å². The number of fused-ring (bicyclic) bond motifs is 2. The van der Waals surface area contributed by atoms with Crippen LogP contribution in [0.4, 0.5) is 0 Å². The van der Waals surface area contributed by atoms with Gasteiger partial charge in [-0.3, -0.25) is 4.79 Å². The summed E-state index contributed by atoms with van der Waals surface area (Å²) in [6.45, 7) is 3.36. The third kappa shape index (κ3) is 3.40. The summed E-state index contributed by atoms with van der Waals surface area (Å²) in [5, 5.41) is 0.971. The zero-order chi connectivity index (χ0) is 18.1. The number of amides is 1. The van der Waals surface area contributed by atoms with E-state index in [1.807, 2.05) is 35.2 Å². The van der Waals surface area contributed by atoms with Crippen molar-refractivity contribution in [3.05, 3.63) is 60.1 Å². The number of hydrogen-bond acceptors (Lipinski definition) is 3. The van der Waals surface area contributed by atoms with Gasteiger partial charge in [0.1, 0.15) is 5.58 Å². The van der Waals surface area contributed by atoms with Crippen molar-refractivity contribution >= 4 is 16.9 Å². The van der Waals surface area contributed by atoms with Crippen LogP contribution in [0.15, 0.2) is 53.1 Å². The maximum absolute atomic E-state index is 13.1. The largest absolute Gasteiger partial charge is 0.451 e. The van der Waals surface area contributed by atoms with Crippen LogP contribution >= 0.6 is 0 Å². The van der Waals surface area contributed by atoms with E-state index in [1.165, 1.54) is 5.69 Å². The van der Waals surface area contributed by atoms with Crippen LogP contribution in [0.1, 0.15) is 22.7 Å². The SMILES string of the molecule is CN(C)CCC1CN(C(=O)c2cc3ccccc3o2)Cc2cccn2C1. The number of hydrogen-bond donors (Lipinski definition) is 0. The lowest BCUT2D eigenvalue weighted by Crippen LogP contribution is -2.34. The second-order valence-electron chi connectivity index (χ2n) is 7.44. The highest BCUT2D eigenvalue weighted by atomic mass is 16.3. The predicted octanol–water partition coefficient (Wildman–Crippen LogP) is 3.46. The number of nitrogens with zero attached hydrogens (tertiary/aromatic N) is 3. The van der Waals surface area contributed by atoms with Gasteiger partial charge in [0.2, 0.25) is 0 Å². The molecule has 0 aliphatic carbocycles. The normalized spacial score (nSPS) is 17.5. The summed E-state index contributed by atoms with van der Waals surface area (Å²) in [6.07, 6.45) is 3.18. The third-order valence-corrected chi connectivity index (χ3v) is 5.12. The molecule has 2 aromatic heterocycles. The Kier molecular flexibility index (Phi) is 4.55. The number of carbonyl (C=O) groups excluding carboxylic acids is 1. The molecule has 5 nitrogen and oxygen atoms in total. The standard InChI is InChI=1S/C21H25N3O2/c1-22(2)11-9-16-13-23-10-5-7-18(23)15-24(14-16)21(25)20-12-17-6-3-4-8-19(17)26-20/h3-8,10,12,16H,9,11,13-15H2,1-2H3. The van der Waals surface area contributed by atoms with E-state index in [4.69, 9.17) is 4.42 Å². The number of aromatic nitrogens is 1. The molecule has 3 heterocycles. The van der Waals surface area contributed by atoms with Crippen LogP contribution in [0, 0.1) is 5.92 Å². The Morgan fingerprint density at radius 2 is 2.04 bits per heavy atom. The number of carbonyl (C=O) groups is 1. The summed E-state index contributed by atoms with van der Waals surface area (Å²) in [7, 11) is 4.18. The molecule has 0 saturated carbocycles. The lowest BCUT2D eigenvalue weighted by Gasteiger charge is -2.24. The second-order valence-corrected chi connectivity index (χ2v) is 7.44. The molecule has 1 aromatic carbocycles. The topological polar surface area (TPSA) is 41.6 Å². The Bertz CT molecular complexity index is 876. The second kappa shape index (κ2) is 7.00. The van der Waals surface area contributed by atoms with E-state index in [0.29, 0.717) is 18.2 Å². The molecule has 136 valence electrons. The average Bonchev–Trinajstić information content (AvgIpc) is 3.21. The Balaban J connectivity index is 1.59. The highest BCUT2D eigenvalue weighted by molar-refractivity contribution is 5.96. The van der Waals surface area contributed by atoms with Crippen LogP contribution in [0.3, 0.4) is 0 Å². The summed E-state index contributed by atoms with van der Waals surface area (Å²) in [5.41, 5.74) is 1.94. The summed E-state index contributed by atoms with van der Waals surface area (Å²) >= 11 is 0. The molecule has 0 radical (unpaired) electrons. The van der Waals surface area contributed by atoms with Gasteiger partial charge in [-0.25, -0.2) is 0 Å². The zero-order valence-corrected chi connectivity index (χ0v) is 15.4. The van der Waals surface area contributed by atoms with Crippen molar-refractivity contribution in [2.75, 3.05) is 27.2 Å². The maximum atomic E-state index is 13.1. The number of para-hydroxylation sites is 1. The molecule has 1 aliphatic rings. The minimum absolute atomic E-state index is 0.0225. The van der Waals surface area contributed by atoms with Crippen LogP contribution in [0.2, 0.25) is 0 Å². The van der Waals surface area contributed by atoms with Crippen molar-refractivity contribution in [1.29, 1.82) is 0 Å². The zero-order valence-electron chi connectivity index (χ0n) is 15.4. The van der Waals surface area contributed by atoms with Crippen molar-refractivity contribution in [2.24, 2.45) is 5.92 Å². The van der Waals surface area contributed by atoms with Crippen LogP contribution in [-0.4, -0.2) is 47.5 Å². The highest BCUT2D eigenvalue weighted by Gasteiger charge is 2.27. The number of benzene rings is 1. The molecule has 1 aliphatic heterocycles. The van der Waals surface area contributed by atoms with Crippen molar-refractivity contribution < 1.29 is 9.21 Å². The molecule has 0 saturated heterocycles. The first-order chi connectivity index (χ1) is 12.6. The summed E-state index contributed by atoms with van der Waals surface area (Å²) in [4.78, 5) is 17.3. The van der Waals surface area contributed by atoms with Gasteiger partial charge in [-0.05, 0) is 57.2 Å². The quantitative estimate of drug-likeness (QED) is 0.723. The Morgan fingerprint density at radius 3 is 2.85 bits per heavy atom. The summed E-state index contributed by atoms with van der Waals surface area (Å²) in [5.74, 6) is 0.836. The van der Waals surface area contributed by atoms with Gasteiger partial charge < -0.3 is 18.8 Å². The van der Waals surface area contributed by atoms with E-state index < -0.39 is 0 Å². The van der Waals surface area contributed by atoms with E-state index in [1.54, 1.807) is 0 Å². The smallest absolute Gasteiger partial charge is 0.289 e. The first-order valence-corrected chi connectivity index (χ1v) is 9.17. The Hall–Kier alpha value is -2.53. The van der Waals surface area contributed by atoms with E-state index in [9.17, 15) is 4.79 Å². The molecule has 0 fully saturated rings. The Morgan fingerprint density at radius 1 is 1.19 bits per heavy atom. The van der Waals surface area contributed by atoms with Gasteiger partial charge in [0, 0.05) is 30.4 Å². The van der Waals surface area contributed by atoms with Crippen LogP contribution < -0.4 is 0 Å².